The van der Waals surface area contributed by atoms with Gasteiger partial charge < -0.3 is 20.6 Å². The lowest BCUT2D eigenvalue weighted by Gasteiger charge is -2.25. The average Bonchev–Trinajstić information content (AvgIpc) is 2.99. The lowest BCUT2D eigenvalue weighted by molar-refractivity contribution is 0.101. The number of hydrogen-bond donors (Lipinski definition) is 3. The number of benzene rings is 3. The number of anilines is 1. The van der Waals surface area contributed by atoms with Gasteiger partial charge in [0.05, 0.1) is 6.04 Å². The van der Waals surface area contributed by atoms with Gasteiger partial charge in [-0.25, -0.2) is 0 Å². The molecule has 33 heavy (non-hydrogen) atoms. The smallest absolute Gasteiger partial charge is 0.278 e. The molecule has 3 aromatic carbocycles. The number of amides is 1. The number of pyridine rings is 1. The molecule has 0 radical (unpaired) electrons. The van der Waals surface area contributed by atoms with Crippen LogP contribution in [0.1, 0.15) is 33.2 Å². The molecule has 1 amide bonds. The highest BCUT2D eigenvalue weighted by molar-refractivity contribution is 6.04. The molecule has 0 spiro atoms. The number of nitrogens with zero attached hydrogens (tertiary/aromatic N) is 1. The molecule has 1 atom stereocenters. The summed E-state index contributed by atoms with van der Waals surface area (Å²) in [5.41, 5.74) is 5.86. The van der Waals surface area contributed by atoms with E-state index in [0.29, 0.717) is 18.0 Å². The monoisotopic (exact) mass is 439 g/mol. The molecule has 0 fully saturated rings. The van der Waals surface area contributed by atoms with Gasteiger partial charge in [-0.1, -0.05) is 60.7 Å². The van der Waals surface area contributed by atoms with Crippen LogP contribution in [0.3, 0.4) is 0 Å². The van der Waals surface area contributed by atoms with Crippen LogP contribution in [-0.4, -0.2) is 15.7 Å². The third kappa shape index (κ3) is 3.92. The van der Waals surface area contributed by atoms with Crippen LogP contribution >= 0.6 is 0 Å². The molecule has 5 rings (SSSR count). The van der Waals surface area contributed by atoms with E-state index in [2.05, 4.69) is 10.7 Å². The third-order valence-corrected chi connectivity index (χ3v) is 5.57. The van der Waals surface area contributed by atoms with Crippen molar-refractivity contribution < 1.29 is 14.6 Å². The second-order valence-electron chi connectivity index (χ2n) is 7.65. The van der Waals surface area contributed by atoms with Gasteiger partial charge in [-0.2, -0.15) is 0 Å². The van der Waals surface area contributed by atoms with E-state index >= 15 is 0 Å². The van der Waals surface area contributed by atoms with E-state index in [-0.39, 0.29) is 5.69 Å². The van der Waals surface area contributed by atoms with Gasteiger partial charge in [0.25, 0.3) is 5.91 Å². The zero-order valence-electron chi connectivity index (χ0n) is 17.6. The first kappa shape index (κ1) is 20.4. The molecular weight excluding hydrogens is 418 g/mol. The summed E-state index contributed by atoms with van der Waals surface area (Å²) in [6.45, 7) is 0.405. The average molecular weight is 439 g/mol. The normalized spacial score (nSPS) is 14.2. The Morgan fingerprint density at radius 3 is 2.42 bits per heavy atom. The van der Waals surface area contributed by atoms with E-state index in [0.717, 1.165) is 16.7 Å². The molecule has 0 saturated carbocycles. The highest BCUT2D eigenvalue weighted by atomic mass is 16.5. The van der Waals surface area contributed by atoms with Gasteiger partial charge in [0.1, 0.15) is 12.4 Å². The first-order chi connectivity index (χ1) is 16.1. The Kier molecular flexibility index (Phi) is 5.28. The lowest BCUT2D eigenvalue weighted by Crippen LogP contribution is -2.30. The van der Waals surface area contributed by atoms with Gasteiger partial charge in [0.15, 0.2) is 11.4 Å². The number of carbonyl (C=O) groups excluding carboxylic acids is 1. The number of aromatic hydroxyl groups is 1. The summed E-state index contributed by atoms with van der Waals surface area (Å²) < 4.78 is 7.40. The fraction of sp³-hybridized carbons (Fsp3) is 0.0769. The number of aromatic nitrogens is 1. The molecule has 4 aromatic rings. The maximum Gasteiger partial charge on any atom is 0.278 e. The van der Waals surface area contributed by atoms with Crippen LogP contribution in [0.25, 0.3) is 0 Å². The Bertz CT molecular complexity index is 1330. The number of fused-ring (bicyclic) bond motifs is 2. The first-order valence-electron chi connectivity index (χ1n) is 10.5. The van der Waals surface area contributed by atoms with Crippen LogP contribution in [0, 0.1) is 0 Å². The molecule has 1 aromatic heterocycles. The number of rotatable bonds is 4. The summed E-state index contributed by atoms with van der Waals surface area (Å²) in [6, 6.07) is 25.2. The van der Waals surface area contributed by atoms with Crippen LogP contribution in [0.4, 0.5) is 5.69 Å². The maximum atomic E-state index is 13.1. The zero-order chi connectivity index (χ0) is 22.8. The van der Waals surface area contributed by atoms with Crippen LogP contribution < -0.4 is 20.9 Å². The minimum atomic E-state index is -0.642. The van der Waals surface area contributed by atoms with Crippen molar-refractivity contribution in [2.75, 3.05) is 10.7 Å². The number of para-hydroxylation sites is 2. The van der Waals surface area contributed by atoms with Crippen LogP contribution in [0.2, 0.25) is 0 Å². The van der Waals surface area contributed by atoms with Gasteiger partial charge in [-0.05, 0) is 29.3 Å². The summed E-state index contributed by atoms with van der Waals surface area (Å²) in [5, 5.41) is 13.3. The molecule has 0 aliphatic carbocycles. The quantitative estimate of drug-likeness (QED) is 0.447. The molecule has 1 aliphatic rings. The SMILES string of the molecule is O=C(Nc1ccccc1)c1c(O)c(=O)ccn1NC1c2ccccc2COc2ccccc21. The second kappa shape index (κ2) is 8.55. The van der Waals surface area contributed by atoms with Crippen LogP contribution in [0.15, 0.2) is 95.9 Å². The van der Waals surface area contributed by atoms with E-state index in [4.69, 9.17) is 4.74 Å². The van der Waals surface area contributed by atoms with E-state index in [1.54, 1.807) is 24.3 Å². The Labute approximate surface area is 189 Å². The molecule has 7 heteroatoms. The van der Waals surface area contributed by atoms with Gasteiger partial charge in [0, 0.05) is 23.5 Å². The van der Waals surface area contributed by atoms with E-state index in [9.17, 15) is 14.7 Å². The van der Waals surface area contributed by atoms with E-state index in [1.165, 1.54) is 16.9 Å². The third-order valence-electron chi connectivity index (χ3n) is 5.57. The molecule has 0 bridgehead atoms. The number of carbonyl (C=O) groups is 1. The molecule has 3 N–H and O–H groups in total. The highest BCUT2D eigenvalue weighted by Gasteiger charge is 2.27. The Morgan fingerprint density at radius 2 is 1.61 bits per heavy atom. The molecular formula is C26H21N3O4. The molecule has 7 nitrogen and oxygen atoms in total. The van der Waals surface area contributed by atoms with Crippen molar-refractivity contribution in [1.29, 1.82) is 0 Å². The van der Waals surface area contributed by atoms with Gasteiger partial charge in [-0.3, -0.25) is 14.3 Å². The van der Waals surface area contributed by atoms with Crippen molar-refractivity contribution >= 4 is 11.6 Å². The summed E-state index contributed by atoms with van der Waals surface area (Å²) >= 11 is 0. The van der Waals surface area contributed by atoms with Crippen LogP contribution in [0.5, 0.6) is 11.5 Å². The fourth-order valence-electron chi connectivity index (χ4n) is 3.96. The van der Waals surface area contributed by atoms with Crippen molar-refractivity contribution in [3.63, 3.8) is 0 Å². The number of ether oxygens (including phenoxy) is 1. The lowest BCUT2D eigenvalue weighted by atomic mass is 9.95. The Morgan fingerprint density at radius 1 is 0.909 bits per heavy atom. The summed E-state index contributed by atoms with van der Waals surface area (Å²) in [5.74, 6) is -0.535. The molecule has 1 unspecified atom stereocenters. The standard InChI is InChI=1S/C26H21N3O4/c30-21-14-15-29(24(25(21)31)26(32)27-18-9-2-1-3-10-18)28-23-19-11-5-4-8-17(19)16-33-22-13-7-6-12-20(22)23/h1-15,23,28,31H,16H2,(H,27,32). The van der Waals surface area contributed by atoms with Gasteiger partial charge >= 0.3 is 0 Å². The maximum absolute atomic E-state index is 13.1. The molecule has 2 heterocycles. The van der Waals surface area contributed by atoms with Gasteiger partial charge in [-0.15, -0.1) is 0 Å². The van der Waals surface area contributed by atoms with E-state index in [1.807, 2.05) is 54.6 Å². The predicted molar refractivity (Wildman–Crippen MR) is 125 cm³/mol. The van der Waals surface area contributed by atoms with Crippen LogP contribution in [-0.2, 0) is 6.61 Å². The summed E-state index contributed by atoms with van der Waals surface area (Å²) in [7, 11) is 0. The molecule has 1 aliphatic heterocycles. The van der Waals surface area contributed by atoms with Crippen molar-refractivity contribution in [1.82, 2.24) is 4.68 Å². The fourth-order valence-corrected chi connectivity index (χ4v) is 3.96. The minimum absolute atomic E-state index is 0.188. The predicted octanol–water partition coefficient (Wildman–Crippen LogP) is 4.03. The largest absolute Gasteiger partial charge is 0.502 e. The van der Waals surface area contributed by atoms with Crippen molar-refractivity contribution in [2.45, 2.75) is 12.6 Å². The molecule has 164 valence electrons. The number of hydrogen-bond acceptors (Lipinski definition) is 5. The zero-order valence-corrected chi connectivity index (χ0v) is 17.6. The number of nitrogens with one attached hydrogen (secondary N) is 2. The summed E-state index contributed by atoms with van der Waals surface area (Å²) in [6.07, 6.45) is 1.44. The molecule has 0 saturated heterocycles. The summed E-state index contributed by atoms with van der Waals surface area (Å²) in [4.78, 5) is 25.3. The van der Waals surface area contributed by atoms with Gasteiger partial charge in [0.2, 0.25) is 5.43 Å². The minimum Gasteiger partial charge on any atom is -0.502 e. The first-order valence-corrected chi connectivity index (χ1v) is 10.5. The van der Waals surface area contributed by atoms with Crippen molar-refractivity contribution in [3.8, 4) is 11.5 Å². The van der Waals surface area contributed by atoms with Crippen molar-refractivity contribution in [2.24, 2.45) is 0 Å². The van der Waals surface area contributed by atoms with E-state index < -0.39 is 23.1 Å². The Hall–Kier alpha value is -4.52. The Balaban J connectivity index is 1.60. The second-order valence-corrected chi connectivity index (χ2v) is 7.65. The van der Waals surface area contributed by atoms with Crippen molar-refractivity contribution in [3.05, 3.63) is 124 Å². The topological polar surface area (TPSA) is 92.6 Å². The highest BCUT2D eigenvalue weighted by Crippen LogP contribution is 2.36.